The molecule has 5 heteroatoms. The van der Waals surface area contributed by atoms with E-state index in [9.17, 15) is 4.79 Å². The van der Waals surface area contributed by atoms with Gasteiger partial charge in [0.2, 0.25) is 0 Å². The van der Waals surface area contributed by atoms with E-state index in [1.54, 1.807) is 12.4 Å². The normalized spacial score (nSPS) is 11.8. The van der Waals surface area contributed by atoms with Gasteiger partial charge in [0.15, 0.2) is 0 Å². The highest BCUT2D eigenvalue weighted by atomic mass is 32.1. The van der Waals surface area contributed by atoms with E-state index in [0.717, 1.165) is 0 Å². The van der Waals surface area contributed by atoms with Crippen LogP contribution in [0, 0.1) is 18.3 Å². The number of carbonyl (C=O) groups excluding carboxylic acids is 1. The van der Waals surface area contributed by atoms with Crippen molar-refractivity contribution >= 4 is 17.3 Å². The van der Waals surface area contributed by atoms with Crippen molar-refractivity contribution in [1.82, 2.24) is 4.98 Å². The maximum Gasteiger partial charge on any atom is 0.350 e. The molecule has 1 aromatic heterocycles. The van der Waals surface area contributed by atoms with Gasteiger partial charge in [-0.25, -0.2) is 9.78 Å². The molecule has 0 aromatic carbocycles. The van der Waals surface area contributed by atoms with Crippen LogP contribution < -0.4 is 0 Å². The maximum atomic E-state index is 11.6. The minimum Gasteiger partial charge on any atom is -0.457 e. The summed E-state index contributed by atoms with van der Waals surface area (Å²) in [6.45, 7) is 3.65. The van der Waals surface area contributed by atoms with Crippen LogP contribution in [-0.4, -0.2) is 17.1 Å². The summed E-state index contributed by atoms with van der Waals surface area (Å²) in [7, 11) is 0. The Morgan fingerprint density at radius 1 is 1.80 bits per heavy atom. The molecule has 0 N–H and O–H groups in total. The highest BCUT2D eigenvalue weighted by molar-refractivity contribution is 7.11. The zero-order valence-electron chi connectivity index (χ0n) is 8.69. The van der Waals surface area contributed by atoms with E-state index >= 15 is 0 Å². The second-order valence-electron chi connectivity index (χ2n) is 3.06. The maximum absolute atomic E-state index is 11.6. The molecule has 1 heterocycles. The standard InChI is InChI=1S/C10H12N2O2S/c1-3-8(4-5-11)14-10(13)9-7(2)12-6-15-9/h6,8H,3-4H2,1-2H3. The fraction of sp³-hybridized carbons (Fsp3) is 0.500. The number of rotatable bonds is 4. The summed E-state index contributed by atoms with van der Waals surface area (Å²) >= 11 is 1.26. The lowest BCUT2D eigenvalue weighted by Crippen LogP contribution is -2.16. The van der Waals surface area contributed by atoms with Crippen LogP contribution in [0.4, 0.5) is 0 Å². The second-order valence-corrected chi connectivity index (χ2v) is 3.92. The van der Waals surface area contributed by atoms with Gasteiger partial charge in [-0.15, -0.1) is 11.3 Å². The summed E-state index contributed by atoms with van der Waals surface area (Å²) in [5.41, 5.74) is 2.29. The number of carbonyl (C=O) groups is 1. The van der Waals surface area contributed by atoms with Crippen LogP contribution in [-0.2, 0) is 4.74 Å². The molecule has 1 unspecified atom stereocenters. The van der Waals surface area contributed by atoms with Crippen molar-refractivity contribution < 1.29 is 9.53 Å². The lowest BCUT2D eigenvalue weighted by molar-refractivity contribution is 0.0308. The van der Waals surface area contributed by atoms with Gasteiger partial charge in [-0.05, 0) is 13.3 Å². The van der Waals surface area contributed by atoms with Crippen LogP contribution in [0.5, 0.6) is 0 Å². The Morgan fingerprint density at radius 3 is 3.00 bits per heavy atom. The molecule has 0 saturated heterocycles. The van der Waals surface area contributed by atoms with Gasteiger partial charge in [-0.2, -0.15) is 5.26 Å². The third kappa shape index (κ3) is 3.03. The Morgan fingerprint density at radius 2 is 2.53 bits per heavy atom. The molecule has 0 spiro atoms. The molecule has 80 valence electrons. The van der Waals surface area contributed by atoms with Gasteiger partial charge >= 0.3 is 5.97 Å². The van der Waals surface area contributed by atoms with Crippen LogP contribution in [0.3, 0.4) is 0 Å². The summed E-state index contributed by atoms with van der Waals surface area (Å²) in [6, 6.07) is 1.99. The molecule has 0 radical (unpaired) electrons. The Hall–Kier alpha value is -1.41. The zero-order chi connectivity index (χ0) is 11.3. The summed E-state index contributed by atoms with van der Waals surface area (Å²) in [4.78, 5) is 16.1. The molecule has 0 aliphatic carbocycles. The van der Waals surface area contributed by atoms with Crippen molar-refractivity contribution in [1.29, 1.82) is 5.26 Å². The first-order valence-electron chi connectivity index (χ1n) is 4.67. The van der Waals surface area contributed by atoms with Crippen molar-refractivity contribution in [2.24, 2.45) is 0 Å². The van der Waals surface area contributed by atoms with E-state index < -0.39 is 0 Å². The zero-order valence-corrected chi connectivity index (χ0v) is 9.50. The molecule has 0 fully saturated rings. The summed E-state index contributed by atoms with van der Waals surface area (Å²) in [5, 5.41) is 8.51. The summed E-state index contributed by atoms with van der Waals surface area (Å²) in [6.07, 6.45) is 0.570. The number of thiazole rings is 1. The van der Waals surface area contributed by atoms with E-state index in [1.165, 1.54) is 11.3 Å². The Kier molecular flexibility index (Phi) is 4.25. The molecular formula is C10H12N2O2S. The SMILES string of the molecule is CCC(CC#N)OC(=O)c1scnc1C. The van der Waals surface area contributed by atoms with E-state index in [0.29, 0.717) is 17.0 Å². The highest BCUT2D eigenvalue weighted by Gasteiger charge is 2.17. The van der Waals surface area contributed by atoms with Crippen molar-refractivity contribution in [2.75, 3.05) is 0 Å². The molecule has 1 aromatic rings. The van der Waals surface area contributed by atoms with Gasteiger partial charge in [0.05, 0.1) is 23.7 Å². The van der Waals surface area contributed by atoms with Gasteiger partial charge < -0.3 is 4.74 Å². The molecule has 0 aliphatic heterocycles. The molecule has 0 aliphatic rings. The second kappa shape index (κ2) is 5.47. The average molecular weight is 224 g/mol. The monoisotopic (exact) mass is 224 g/mol. The number of aromatic nitrogens is 1. The number of hydrogen-bond donors (Lipinski definition) is 0. The molecule has 0 bridgehead atoms. The van der Waals surface area contributed by atoms with E-state index in [-0.39, 0.29) is 18.5 Å². The first-order valence-corrected chi connectivity index (χ1v) is 5.55. The quantitative estimate of drug-likeness (QED) is 0.736. The molecule has 1 rings (SSSR count). The van der Waals surface area contributed by atoms with Crippen LogP contribution in [0.15, 0.2) is 5.51 Å². The number of ether oxygens (including phenoxy) is 1. The van der Waals surface area contributed by atoms with E-state index in [1.807, 2.05) is 13.0 Å². The minimum atomic E-state index is -0.378. The van der Waals surface area contributed by atoms with Gasteiger partial charge in [-0.1, -0.05) is 6.92 Å². The summed E-state index contributed by atoms with van der Waals surface area (Å²) in [5.74, 6) is -0.378. The molecular weight excluding hydrogens is 212 g/mol. The lowest BCUT2D eigenvalue weighted by atomic mass is 10.2. The number of nitrogens with zero attached hydrogens (tertiary/aromatic N) is 2. The molecule has 1 atom stereocenters. The topological polar surface area (TPSA) is 63.0 Å². The number of hydrogen-bond acceptors (Lipinski definition) is 5. The molecule has 4 nitrogen and oxygen atoms in total. The van der Waals surface area contributed by atoms with Crippen molar-refractivity contribution in [3.8, 4) is 6.07 Å². The first kappa shape index (κ1) is 11.7. The van der Waals surface area contributed by atoms with Crippen LogP contribution in [0.25, 0.3) is 0 Å². The Balaban J connectivity index is 2.63. The number of esters is 1. The Labute approximate surface area is 92.5 Å². The van der Waals surface area contributed by atoms with Gasteiger partial charge in [0, 0.05) is 0 Å². The minimum absolute atomic E-state index is 0.236. The van der Waals surface area contributed by atoms with Crippen LogP contribution in [0.2, 0.25) is 0 Å². The van der Waals surface area contributed by atoms with E-state index in [4.69, 9.17) is 10.00 Å². The molecule has 15 heavy (non-hydrogen) atoms. The largest absolute Gasteiger partial charge is 0.457 e. The van der Waals surface area contributed by atoms with Gasteiger partial charge in [0.25, 0.3) is 0 Å². The predicted molar refractivity (Wildman–Crippen MR) is 56.6 cm³/mol. The smallest absolute Gasteiger partial charge is 0.350 e. The van der Waals surface area contributed by atoms with Crippen LogP contribution >= 0.6 is 11.3 Å². The molecule has 0 amide bonds. The fourth-order valence-corrected chi connectivity index (χ4v) is 1.76. The highest BCUT2D eigenvalue weighted by Crippen LogP contribution is 2.15. The Bertz CT molecular complexity index is 381. The van der Waals surface area contributed by atoms with Crippen molar-refractivity contribution in [2.45, 2.75) is 32.8 Å². The fourth-order valence-electron chi connectivity index (χ4n) is 1.07. The third-order valence-corrected chi connectivity index (χ3v) is 2.89. The van der Waals surface area contributed by atoms with Gasteiger partial charge in [0.1, 0.15) is 11.0 Å². The van der Waals surface area contributed by atoms with Crippen molar-refractivity contribution in [3.05, 3.63) is 16.1 Å². The number of aryl methyl sites for hydroxylation is 1. The lowest BCUT2D eigenvalue weighted by Gasteiger charge is -2.11. The third-order valence-electron chi connectivity index (χ3n) is 1.98. The van der Waals surface area contributed by atoms with Crippen LogP contribution in [0.1, 0.15) is 35.1 Å². The summed E-state index contributed by atoms with van der Waals surface area (Å²) < 4.78 is 5.17. The van der Waals surface area contributed by atoms with Gasteiger partial charge in [-0.3, -0.25) is 0 Å². The van der Waals surface area contributed by atoms with Crippen molar-refractivity contribution in [3.63, 3.8) is 0 Å². The van der Waals surface area contributed by atoms with E-state index in [2.05, 4.69) is 4.98 Å². The average Bonchev–Trinajstić information content (AvgIpc) is 2.63. The first-order chi connectivity index (χ1) is 7.19. The molecule has 0 saturated carbocycles. The number of nitriles is 1. The predicted octanol–water partition coefficient (Wildman–Crippen LogP) is 2.30.